The summed E-state index contributed by atoms with van der Waals surface area (Å²) in [5.74, 6) is 0.131. The largest absolute Gasteiger partial charge is 0.336 e. The summed E-state index contributed by atoms with van der Waals surface area (Å²) >= 11 is 18.5. The number of nitrogens with one attached hydrogen (secondary N) is 1. The molecule has 1 aromatic heterocycles. The van der Waals surface area contributed by atoms with Gasteiger partial charge in [-0.15, -0.1) is 0 Å². The third kappa shape index (κ3) is 4.00. The van der Waals surface area contributed by atoms with Crippen LogP contribution in [-0.2, 0) is 11.3 Å². The maximum absolute atomic E-state index is 12.2. The molecule has 1 fully saturated rings. The quantitative estimate of drug-likeness (QED) is 0.785. The summed E-state index contributed by atoms with van der Waals surface area (Å²) in [7, 11) is 0. The van der Waals surface area contributed by atoms with Crippen LogP contribution in [0.1, 0.15) is 31.9 Å². The average Bonchev–Trinajstić information content (AvgIpc) is 2.52. The van der Waals surface area contributed by atoms with Crippen molar-refractivity contribution in [3.05, 3.63) is 34.2 Å². The van der Waals surface area contributed by atoms with Crippen LogP contribution in [0.2, 0.25) is 0 Å². The molecule has 2 bridgehead atoms. The lowest BCUT2D eigenvalue weighted by Gasteiger charge is -2.47. The molecule has 25 heavy (non-hydrogen) atoms. The highest BCUT2D eigenvalue weighted by molar-refractivity contribution is 6.68. The Kier molecular flexibility index (Phi) is 5.41. The number of carbonyl (C=O) groups excluding carboxylic acids is 1. The van der Waals surface area contributed by atoms with Gasteiger partial charge in [-0.2, -0.15) is 0 Å². The number of likely N-dealkylation sites (tertiary alicyclic amines) is 1. The molecule has 3 rings (SSSR count). The first-order valence-electron chi connectivity index (χ1n) is 8.47. The van der Waals surface area contributed by atoms with Crippen molar-refractivity contribution in [3.63, 3.8) is 0 Å². The van der Waals surface area contributed by atoms with E-state index in [0.717, 1.165) is 12.1 Å². The van der Waals surface area contributed by atoms with Gasteiger partial charge in [0.05, 0.1) is 0 Å². The highest BCUT2D eigenvalue weighted by atomic mass is 35.6. The monoisotopic (exact) mass is 405 g/mol. The molecular formula is C17H22Cl3N3O2. The molecular weight excluding hydrogens is 385 g/mol. The van der Waals surface area contributed by atoms with Gasteiger partial charge in [-0.25, -0.2) is 0 Å². The molecule has 1 N–H and O–H groups in total. The molecule has 138 valence electrons. The average molecular weight is 407 g/mol. The second-order valence-electron chi connectivity index (χ2n) is 7.26. The molecule has 2 unspecified atom stereocenters. The molecule has 2 aliphatic heterocycles. The van der Waals surface area contributed by atoms with Crippen LogP contribution in [0, 0.1) is 11.8 Å². The van der Waals surface area contributed by atoms with Crippen molar-refractivity contribution in [2.45, 2.75) is 42.7 Å². The van der Waals surface area contributed by atoms with Gasteiger partial charge in [-0.1, -0.05) is 54.7 Å². The Labute approximate surface area is 162 Å². The van der Waals surface area contributed by atoms with Crippen LogP contribution in [0.15, 0.2) is 23.0 Å². The van der Waals surface area contributed by atoms with Gasteiger partial charge in [-0.05, 0) is 18.4 Å². The smallest absolute Gasteiger partial charge is 0.250 e. The van der Waals surface area contributed by atoms with E-state index in [1.54, 1.807) is 26.0 Å². The van der Waals surface area contributed by atoms with Crippen molar-refractivity contribution in [2.75, 3.05) is 13.1 Å². The Hall–Kier alpha value is -0.750. The highest BCUT2D eigenvalue weighted by Gasteiger charge is 2.44. The number of carbonyl (C=O) groups is 1. The van der Waals surface area contributed by atoms with Crippen LogP contribution in [-0.4, -0.2) is 38.4 Å². The van der Waals surface area contributed by atoms with Crippen molar-refractivity contribution >= 4 is 40.7 Å². The minimum absolute atomic E-state index is 0.0340. The third-order valence-electron chi connectivity index (χ3n) is 4.99. The number of aromatic nitrogens is 1. The number of hydrogen-bond donors (Lipinski definition) is 1. The van der Waals surface area contributed by atoms with Crippen molar-refractivity contribution in [3.8, 4) is 0 Å². The van der Waals surface area contributed by atoms with E-state index in [4.69, 9.17) is 34.8 Å². The number of amides is 1. The summed E-state index contributed by atoms with van der Waals surface area (Å²) in [6, 6.07) is 5.37. The van der Waals surface area contributed by atoms with Gasteiger partial charge in [0, 0.05) is 43.2 Å². The Balaban J connectivity index is 1.86. The van der Waals surface area contributed by atoms with Crippen LogP contribution in [0.4, 0.5) is 0 Å². The standard InChI is InChI=1S/C17H22Cl3N3O2/c1-10(2)15(25)21-16(17(18,19)20)22-7-11-6-12(9-22)13-4-3-5-14(24)23(13)8-11/h3-5,10-12,16H,6-9H2,1-2H3,(H,21,25)/t11?,12-,16?/m0/s1. The molecule has 0 radical (unpaired) electrons. The van der Waals surface area contributed by atoms with Crippen molar-refractivity contribution < 1.29 is 4.79 Å². The number of nitrogens with zero attached hydrogens (tertiary/aromatic N) is 2. The minimum Gasteiger partial charge on any atom is -0.336 e. The summed E-state index contributed by atoms with van der Waals surface area (Å²) in [4.78, 5) is 26.3. The molecule has 1 aromatic rings. The topological polar surface area (TPSA) is 54.3 Å². The molecule has 3 atom stereocenters. The number of hydrogen-bond acceptors (Lipinski definition) is 3. The second-order valence-corrected chi connectivity index (χ2v) is 9.63. The van der Waals surface area contributed by atoms with Crippen LogP contribution >= 0.6 is 34.8 Å². The lowest BCUT2D eigenvalue weighted by Crippen LogP contribution is -2.60. The molecule has 0 aliphatic carbocycles. The van der Waals surface area contributed by atoms with Gasteiger partial charge < -0.3 is 9.88 Å². The Bertz CT molecular complexity index is 714. The molecule has 0 saturated carbocycles. The summed E-state index contributed by atoms with van der Waals surface area (Å²) in [5, 5.41) is 2.87. The van der Waals surface area contributed by atoms with Crippen LogP contribution in [0.25, 0.3) is 0 Å². The Morgan fingerprint density at radius 1 is 1.24 bits per heavy atom. The van der Waals surface area contributed by atoms with Gasteiger partial charge in [0.25, 0.3) is 5.56 Å². The van der Waals surface area contributed by atoms with Crippen molar-refractivity contribution in [1.82, 2.24) is 14.8 Å². The van der Waals surface area contributed by atoms with E-state index in [0.29, 0.717) is 19.6 Å². The van der Waals surface area contributed by atoms with Crippen molar-refractivity contribution in [1.29, 1.82) is 0 Å². The number of fused-ring (bicyclic) bond motifs is 4. The number of rotatable bonds is 3. The van der Waals surface area contributed by atoms with Crippen LogP contribution < -0.4 is 10.9 Å². The second kappa shape index (κ2) is 7.10. The molecule has 1 amide bonds. The molecule has 0 spiro atoms. The SMILES string of the molecule is CC(C)C(=O)NC(N1CC2C[C@@H](C1)c1cccc(=O)n1C2)C(Cl)(Cl)Cl. The van der Waals surface area contributed by atoms with Gasteiger partial charge in [0.1, 0.15) is 6.17 Å². The fraction of sp³-hybridized carbons (Fsp3) is 0.647. The summed E-state index contributed by atoms with van der Waals surface area (Å²) in [5.41, 5.74) is 1.05. The molecule has 2 aliphatic rings. The van der Waals surface area contributed by atoms with Crippen molar-refractivity contribution in [2.24, 2.45) is 11.8 Å². The van der Waals surface area contributed by atoms with Crippen LogP contribution in [0.3, 0.4) is 0 Å². The zero-order valence-corrected chi connectivity index (χ0v) is 16.5. The van der Waals surface area contributed by atoms with E-state index in [9.17, 15) is 9.59 Å². The molecule has 5 nitrogen and oxygen atoms in total. The van der Waals surface area contributed by atoms with E-state index in [2.05, 4.69) is 5.32 Å². The van der Waals surface area contributed by atoms with E-state index in [1.807, 2.05) is 15.5 Å². The summed E-state index contributed by atoms with van der Waals surface area (Å²) < 4.78 is 0.222. The maximum Gasteiger partial charge on any atom is 0.250 e. The lowest BCUT2D eigenvalue weighted by molar-refractivity contribution is -0.126. The molecule has 0 aromatic carbocycles. The maximum atomic E-state index is 12.2. The number of piperidine rings is 1. The zero-order valence-electron chi connectivity index (χ0n) is 14.2. The zero-order chi connectivity index (χ0) is 18.4. The first kappa shape index (κ1) is 19.0. The van der Waals surface area contributed by atoms with Gasteiger partial charge in [0.15, 0.2) is 0 Å². The van der Waals surface area contributed by atoms with Gasteiger partial charge in [0.2, 0.25) is 9.70 Å². The number of halogens is 3. The van der Waals surface area contributed by atoms with Gasteiger partial charge in [-0.3, -0.25) is 14.5 Å². The first-order valence-corrected chi connectivity index (χ1v) is 9.61. The van der Waals surface area contributed by atoms with E-state index in [1.165, 1.54) is 0 Å². The Morgan fingerprint density at radius 3 is 2.60 bits per heavy atom. The lowest BCUT2D eigenvalue weighted by atomic mass is 9.83. The molecule has 1 saturated heterocycles. The highest BCUT2D eigenvalue weighted by Crippen LogP contribution is 2.39. The van der Waals surface area contributed by atoms with Crippen LogP contribution in [0.5, 0.6) is 0 Å². The minimum atomic E-state index is -1.63. The van der Waals surface area contributed by atoms with E-state index >= 15 is 0 Å². The molecule has 3 heterocycles. The first-order chi connectivity index (χ1) is 11.7. The Morgan fingerprint density at radius 2 is 1.96 bits per heavy atom. The predicted octanol–water partition coefficient (Wildman–Crippen LogP) is 2.74. The number of pyridine rings is 1. The summed E-state index contributed by atoms with van der Waals surface area (Å²) in [6.07, 6.45) is 0.310. The van der Waals surface area contributed by atoms with E-state index < -0.39 is 9.96 Å². The fourth-order valence-corrected chi connectivity index (χ4v) is 4.40. The van der Waals surface area contributed by atoms with Gasteiger partial charge >= 0.3 is 0 Å². The normalized spacial score (nSPS) is 24.7. The number of alkyl halides is 3. The third-order valence-corrected chi connectivity index (χ3v) is 5.61. The fourth-order valence-electron chi connectivity index (χ4n) is 3.83. The molecule has 8 heteroatoms. The predicted molar refractivity (Wildman–Crippen MR) is 100 cm³/mol. The summed E-state index contributed by atoms with van der Waals surface area (Å²) in [6.45, 7) is 5.58. The van der Waals surface area contributed by atoms with E-state index in [-0.39, 0.29) is 29.2 Å².